The Morgan fingerprint density at radius 3 is 2.42 bits per heavy atom. The van der Waals surface area contributed by atoms with Gasteiger partial charge in [-0.2, -0.15) is 0 Å². The van der Waals surface area contributed by atoms with Gasteiger partial charge in [-0.15, -0.1) is 0 Å². The Hall–Kier alpha value is -3.35. The highest BCUT2D eigenvalue weighted by Crippen LogP contribution is 2.29. The van der Waals surface area contributed by atoms with E-state index < -0.39 is 12.0 Å². The highest BCUT2D eigenvalue weighted by atomic mass is 16.5. The van der Waals surface area contributed by atoms with E-state index >= 15 is 0 Å². The summed E-state index contributed by atoms with van der Waals surface area (Å²) in [6, 6.07) is 10.9. The van der Waals surface area contributed by atoms with E-state index in [2.05, 4.69) is 5.32 Å². The maximum atomic E-state index is 12.3. The molecule has 0 aliphatic heterocycles. The van der Waals surface area contributed by atoms with Crippen molar-refractivity contribution >= 4 is 23.8 Å². The van der Waals surface area contributed by atoms with Crippen LogP contribution in [0.5, 0.6) is 11.5 Å². The third-order valence-corrected chi connectivity index (χ3v) is 3.51. The van der Waals surface area contributed by atoms with E-state index in [9.17, 15) is 14.4 Å². The summed E-state index contributed by atoms with van der Waals surface area (Å²) in [6.07, 6.45) is -0.106. The van der Waals surface area contributed by atoms with Crippen molar-refractivity contribution in [2.24, 2.45) is 5.73 Å². The molecular weight excluding hydrogens is 336 g/mol. The zero-order valence-corrected chi connectivity index (χ0v) is 14.5. The molecule has 0 bridgehead atoms. The van der Waals surface area contributed by atoms with E-state index in [1.807, 2.05) is 6.92 Å². The molecule has 2 aromatic rings. The number of amides is 2. The van der Waals surface area contributed by atoms with E-state index in [1.54, 1.807) is 37.3 Å². The molecule has 0 aliphatic carbocycles. The van der Waals surface area contributed by atoms with Crippen LogP contribution in [0.15, 0.2) is 42.5 Å². The van der Waals surface area contributed by atoms with E-state index in [0.29, 0.717) is 41.2 Å². The van der Waals surface area contributed by atoms with Crippen LogP contribution in [0.4, 0.5) is 5.69 Å². The zero-order valence-electron chi connectivity index (χ0n) is 14.5. The lowest BCUT2D eigenvalue weighted by Gasteiger charge is -2.17. The number of anilines is 1. The van der Waals surface area contributed by atoms with Crippen molar-refractivity contribution in [3.63, 3.8) is 0 Å². The molecule has 26 heavy (non-hydrogen) atoms. The Bertz CT molecular complexity index is 802. The van der Waals surface area contributed by atoms with Crippen LogP contribution in [0, 0.1) is 0 Å². The number of primary amides is 1. The average molecular weight is 356 g/mol. The lowest BCUT2D eigenvalue weighted by molar-refractivity contribution is -0.122. The molecule has 0 aliphatic rings. The minimum absolute atomic E-state index is 0.351. The van der Waals surface area contributed by atoms with Gasteiger partial charge in [-0.3, -0.25) is 14.4 Å². The van der Waals surface area contributed by atoms with Crippen LogP contribution in [-0.4, -0.2) is 30.8 Å². The Morgan fingerprint density at radius 2 is 1.85 bits per heavy atom. The summed E-state index contributed by atoms with van der Waals surface area (Å²) in [6.45, 7) is 3.80. The van der Waals surface area contributed by atoms with Gasteiger partial charge in [0.15, 0.2) is 17.6 Å². The van der Waals surface area contributed by atoms with Crippen LogP contribution >= 0.6 is 0 Å². The normalized spacial score (nSPS) is 11.3. The molecule has 0 radical (unpaired) electrons. The predicted octanol–water partition coefficient (Wildman–Crippen LogP) is 2.40. The van der Waals surface area contributed by atoms with Gasteiger partial charge in [-0.25, -0.2) is 0 Å². The molecule has 1 atom stereocenters. The quantitative estimate of drug-likeness (QED) is 0.706. The summed E-state index contributed by atoms with van der Waals surface area (Å²) in [5, 5.41) is 2.69. The molecule has 2 rings (SSSR count). The van der Waals surface area contributed by atoms with Crippen LogP contribution in [0.3, 0.4) is 0 Å². The van der Waals surface area contributed by atoms with Gasteiger partial charge in [0, 0.05) is 16.8 Å². The molecule has 0 heterocycles. The smallest absolute Gasteiger partial charge is 0.265 e. The van der Waals surface area contributed by atoms with Crippen molar-refractivity contribution < 1.29 is 23.9 Å². The van der Waals surface area contributed by atoms with Crippen molar-refractivity contribution in [3.05, 3.63) is 53.6 Å². The summed E-state index contributed by atoms with van der Waals surface area (Å²) < 4.78 is 11.1. The number of benzene rings is 2. The number of rotatable bonds is 8. The summed E-state index contributed by atoms with van der Waals surface area (Å²) in [5.74, 6) is -0.160. The number of aldehydes is 1. The van der Waals surface area contributed by atoms with Crippen molar-refractivity contribution in [1.29, 1.82) is 0 Å². The van der Waals surface area contributed by atoms with Crippen molar-refractivity contribution in [2.75, 3.05) is 11.9 Å². The minimum Gasteiger partial charge on any atom is -0.490 e. The molecule has 2 amide bonds. The van der Waals surface area contributed by atoms with Gasteiger partial charge in [-0.05, 0) is 56.3 Å². The van der Waals surface area contributed by atoms with Gasteiger partial charge in [0.2, 0.25) is 5.91 Å². The number of hydrogen-bond donors (Lipinski definition) is 2. The molecule has 0 spiro atoms. The highest BCUT2D eigenvalue weighted by Gasteiger charge is 2.17. The van der Waals surface area contributed by atoms with E-state index in [4.69, 9.17) is 15.2 Å². The number of nitrogens with one attached hydrogen (secondary N) is 1. The van der Waals surface area contributed by atoms with E-state index in [0.717, 1.165) is 0 Å². The Balaban J connectivity index is 2.06. The van der Waals surface area contributed by atoms with Crippen molar-refractivity contribution in [3.8, 4) is 11.5 Å². The number of nitrogens with two attached hydrogens (primary N) is 1. The first-order chi connectivity index (χ1) is 12.4. The number of hydrogen-bond acceptors (Lipinski definition) is 5. The molecule has 2 aromatic carbocycles. The first-order valence-corrected chi connectivity index (χ1v) is 8.04. The molecule has 0 aromatic heterocycles. The third kappa shape index (κ3) is 4.83. The number of ether oxygens (including phenoxy) is 2. The molecular formula is C19H20N2O5. The first kappa shape index (κ1) is 19.0. The summed E-state index contributed by atoms with van der Waals surface area (Å²) in [5.41, 5.74) is 6.49. The summed E-state index contributed by atoms with van der Waals surface area (Å²) >= 11 is 0. The van der Waals surface area contributed by atoms with Crippen molar-refractivity contribution in [2.45, 2.75) is 20.0 Å². The summed E-state index contributed by atoms with van der Waals surface area (Å²) in [4.78, 5) is 34.2. The van der Waals surface area contributed by atoms with Gasteiger partial charge in [0.1, 0.15) is 6.29 Å². The SMILES string of the molecule is CCOc1cc(C=O)ccc1O[C@H](C)C(=O)Nc1ccc(C(N)=O)cc1. The zero-order chi connectivity index (χ0) is 19.1. The second-order valence-electron chi connectivity index (χ2n) is 5.45. The molecule has 0 saturated carbocycles. The lowest BCUT2D eigenvalue weighted by atomic mass is 10.2. The Labute approximate surface area is 151 Å². The predicted molar refractivity (Wildman–Crippen MR) is 96.7 cm³/mol. The largest absolute Gasteiger partial charge is 0.490 e. The minimum atomic E-state index is -0.813. The van der Waals surface area contributed by atoms with Gasteiger partial charge < -0.3 is 20.5 Å². The van der Waals surface area contributed by atoms with Gasteiger partial charge >= 0.3 is 0 Å². The summed E-state index contributed by atoms with van der Waals surface area (Å²) in [7, 11) is 0. The maximum absolute atomic E-state index is 12.3. The van der Waals surface area contributed by atoms with Crippen LogP contribution in [0.2, 0.25) is 0 Å². The fraction of sp³-hybridized carbons (Fsp3) is 0.211. The van der Waals surface area contributed by atoms with Crippen LogP contribution < -0.4 is 20.5 Å². The fourth-order valence-electron chi connectivity index (χ4n) is 2.17. The van der Waals surface area contributed by atoms with Crippen LogP contribution in [0.25, 0.3) is 0 Å². The van der Waals surface area contributed by atoms with Crippen LogP contribution in [-0.2, 0) is 4.79 Å². The van der Waals surface area contributed by atoms with Gasteiger partial charge in [0.05, 0.1) is 6.61 Å². The standard InChI is InChI=1S/C19H20N2O5/c1-3-25-17-10-13(11-22)4-9-16(17)26-12(2)19(24)21-15-7-5-14(6-8-15)18(20)23/h4-12H,3H2,1-2H3,(H2,20,23)(H,21,24)/t12-/m1/s1. The molecule has 0 saturated heterocycles. The molecule has 0 unspecified atom stereocenters. The first-order valence-electron chi connectivity index (χ1n) is 8.04. The average Bonchev–Trinajstić information content (AvgIpc) is 2.63. The molecule has 3 N–H and O–H groups in total. The van der Waals surface area contributed by atoms with Crippen molar-refractivity contribution in [1.82, 2.24) is 0 Å². The molecule has 0 fully saturated rings. The van der Waals surface area contributed by atoms with E-state index in [-0.39, 0.29) is 5.91 Å². The molecule has 7 heteroatoms. The Kier molecular flexibility index (Phi) is 6.32. The number of carbonyl (C=O) groups is 3. The maximum Gasteiger partial charge on any atom is 0.265 e. The lowest BCUT2D eigenvalue weighted by Crippen LogP contribution is -2.30. The molecule has 136 valence electrons. The second-order valence-corrected chi connectivity index (χ2v) is 5.45. The monoisotopic (exact) mass is 356 g/mol. The molecule has 7 nitrogen and oxygen atoms in total. The van der Waals surface area contributed by atoms with Gasteiger partial charge in [-0.1, -0.05) is 0 Å². The second kappa shape index (κ2) is 8.66. The highest BCUT2D eigenvalue weighted by molar-refractivity contribution is 5.96. The van der Waals surface area contributed by atoms with E-state index in [1.165, 1.54) is 12.1 Å². The Morgan fingerprint density at radius 1 is 1.15 bits per heavy atom. The van der Waals surface area contributed by atoms with Gasteiger partial charge in [0.25, 0.3) is 5.91 Å². The topological polar surface area (TPSA) is 108 Å². The van der Waals surface area contributed by atoms with Crippen LogP contribution in [0.1, 0.15) is 34.6 Å². The fourth-order valence-corrected chi connectivity index (χ4v) is 2.17. The number of carbonyl (C=O) groups excluding carboxylic acids is 3. The third-order valence-electron chi connectivity index (χ3n) is 3.51.